The van der Waals surface area contributed by atoms with E-state index in [1.807, 2.05) is 11.4 Å². The van der Waals surface area contributed by atoms with Crippen molar-refractivity contribution < 1.29 is 4.79 Å². The monoisotopic (exact) mass is 326 g/mol. The van der Waals surface area contributed by atoms with Crippen molar-refractivity contribution in [2.45, 2.75) is 6.54 Å². The van der Waals surface area contributed by atoms with Crippen LogP contribution in [0.2, 0.25) is 0 Å². The Morgan fingerprint density at radius 3 is 2.83 bits per heavy atom. The molecule has 0 fully saturated rings. The van der Waals surface area contributed by atoms with E-state index < -0.39 is 0 Å². The van der Waals surface area contributed by atoms with E-state index in [2.05, 4.69) is 36.8 Å². The number of rotatable bonds is 4. The molecule has 2 N–H and O–H groups in total. The second kappa shape index (κ2) is 5.92. The van der Waals surface area contributed by atoms with Crippen molar-refractivity contribution in [2.75, 3.05) is 12.4 Å². The van der Waals surface area contributed by atoms with Crippen LogP contribution in [0.25, 0.3) is 0 Å². The average molecular weight is 327 g/mol. The van der Waals surface area contributed by atoms with Crippen molar-refractivity contribution in [1.82, 2.24) is 15.5 Å². The molecular formula is C11H11BrN4OS. The number of carbonyl (C=O) groups excluding carboxylic acids is 1. The van der Waals surface area contributed by atoms with Crippen LogP contribution in [-0.2, 0) is 6.54 Å². The van der Waals surface area contributed by atoms with Crippen molar-refractivity contribution in [3.05, 3.63) is 38.6 Å². The van der Waals surface area contributed by atoms with Crippen LogP contribution in [0, 0.1) is 0 Å². The van der Waals surface area contributed by atoms with Gasteiger partial charge in [0, 0.05) is 21.8 Å². The number of nitrogens with one attached hydrogen (secondary N) is 2. The lowest BCUT2D eigenvalue weighted by Crippen LogP contribution is -2.19. The smallest absolute Gasteiger partial charge is 0.271 e. The molecule has 0 aromatic carbocycles. The third kappa shape index (κ3) is 3.27. The van der Waals surface area contributed by atoms with Crippen molar-refractivity contribution in [3.63, 3.8) is 0 Å². The number of nitrogens with zero attached hydrogens (tertiary/aromatic N) is 2. The van der Waals surface area contributed by atoms with Gasteiger partial charge in [0.25, 0.3) is 5.91 Å². The van der Waals surface area contributed by atoms with Gasteiger partial charge in [-0.15, -0.1) is 21.5 Å². The number of hydrogen-bond donors (Lipinski definition) is 2. The topological polar surface area (TPSA) is 66.9 Å². The second-order valence-corrected chi connectivity index (χ2v) is 5.38. The van der Waals surface area contributed by atoms with E-state index in [-0.39, 0.29) is 5.91 Å². The lowest BCUT2D eigenvalue weighted by Gasteiger charge is -2.03. The second-order valence-electron chi connectivity index (χ2n) is 3.47. The molecule has 0 saturated heterocycles. The highest BCUT2D eigenvalue weighted by Gasteiger charge is 2.05. The predicted octanol–water partition coefficient (Wildman–Crippen LogP) is 2.27. The minimum Gasteiger partial charge on any atom is -0.364 e. The molecule has 5 nitrogen and oxygen atoms in total. The molecule has 0 saturated carbocycles. The number of hydrogen-bond acceptors (Lipinski definition) is 5. The van der Waals surface area contributed by atoms with Gasteiger partial charge < -0.3 is 10.6 Å². The molecule has 2 aromatic heterocycles. The molecule has 0 aliphatic rings. The van der Waals surface area contributed by atoms with Gasteiger partial charge in [0.1, 0.15) is 5.82 Å². The zero-order valence-corrected chi connectivity index (χ0v) is 12.0. The highest BCUT2D eigenvalue weighted by Crippen LogP contribution is 2.20. The van der Waals surface area contributed by atoms with E-state index in [9.17, 15) is 4.79 Å². The fourth-order valence-corrected chi connectivity index (χ4v) is 2.69. The lowest BCUT2D eigenvalue weighted by molar-refractivity contribution is 0.0957. The summed E-state index contributed by atoms with van der Waals surface area (Å²) in [6.45, 7) is 0.685. The SMILES string of the molecule is CNC(=O)c1ccc(NCc2cc(Br)cs2)nn1. The van der Waals surface area contributed by atoms with Gasteiger partial charge in [-0.2, -0.15) is 0 Å². The maximum Gasteiger partial charge on any atom is 0.271 e. The van der Waals surface area contributed by atoms with Gasteiger partial charge in [-0.3, -0.25) is 4.79 Å². The van der Waals surface area contributed by atoms with Gasteiger partial charge in [0.05, 0.1) is 6.54 Å². The molecule has 0 spiro atoms. The van der Waals surface area contributed by atoms with Crippen LogP contribution in [0.1, 0.15) is 15.4 Å². The summed E-state index contributed by atoms with van der Waals surface area (Å²) in [6, 6.07) is 5.42. The van der Waals surface area contributed by atoms with Gasteiger partial charge in [0.15, 0.2) is 5.69 Å². The number of carbonyl (C=O) groups is 1. The third-order valence-corrected chi connectivity index (χ3v) is 3.89. The molecule has 1 amide bonds. The third-order valence-electron chi connectivity index (χ3n) is 2.19. The molecule has 0 atom stereocenters. The number of halogens is 1. The lowest BCUT2D eigenvalue weighted by atomic mass is 10.3. The standard InChI is InChI=1S/C11H11BrN4OS/c1-13-11(17)9-2-3-10(16-15-9)14-5-8-4-7(12)6-18-8/h2-4,6H,5H2,1H3,(H,13,17)(H,14,16). The number of anilines is 1. The fraction of sp³-hybridized carbons (Fsp3) is 0.182. The highest BCUT2D eigenvalue weighted by molar-refractivity contribution is 9.10. The van der Waals surface area contributed by atoms with Crippen LogP contribution in [0.3, 0.4) is 0 Å². The first-order valence-electron chi connectivity index (χ1n) is 5.21. The van der Waals surface area contributed by atoms with Gasteiger partial charge in [-0.1, -0.05) is 0 Å². The molecule has 7 heteroatoms. The van der Waals surface area contributed by atoms with Crippen molar-refractivity contribution in [3.8, 4) is 0 Å². The van der Waals surface area contributed by atoms with Gasteiger partial charge >= 0.3 is 0 Å². The normalized spacial score (nSPS) is 10.1. The summed E-state index contributed by atoms with van der Waals surface area (Å²) in [5.41, 5.74) is 0.307. The summed E-state index contributed by atoms with van der Waals surface area (Å²) in [6.07, 6.45) is 0. The van der Waals surface area contributed by atoms with Crippen molar-refractivity contribution >= 4 is 39.0 Å². The summed E-state index contributed by atoms with van der Waals surface area (Å²) < 4.78 is 1.07. The van der Waals surface area contributed by atoms with E-state index in [1.165, 1.54) is 4.88 Å². The number of thiophene rings is 1. The Morgan fingerprint density at radius 1 is 1.44 bits per heavy atom. The quantitative estimate of drug-likeness (QED) is 0.904. The predicted molar refractivity (Wildman–Crippen MR) is 74.8 cm³/mol. The summed E-state index contributed by atoms with van der Waals surface area (Å²) >= 11 is 5.06. The van der Waals surface area contributed by atoms with Crippen molar-refractivity contribution in [2.24, 2.45) is 0 Å². The zero-order valence-electron chi connectivity index (χ0n) is 9.61. The summed E-state index contributed by atoms with van der Waals surface area (Å²) in [7, 11) is 1.56. The molecule has 0 unspecified atom stereocenters. The van der Waals surface area contributed by atoms with E-state index in [0.29, 0.717) is 18.1 Å². The maximum atomic E-state index is 11.3. The Balaban J connectivity index is 1.96. The van der Waals surface area contributed by atoms with Gasteiger partial charge in [-0.25, -0.2) is 0 Å². The molecular weight excluding hydrogens is 316 g/mol. The van der Waals surface area contributed by atoms with Crippen molar-refractivity contribution in [1.29, 1.82) is 0 Å². The van der Waals surface area contributed by atoms with E-state index in [4.69, 9.17) is 0 Å². The Kier molecular flexibility index (Phi) is 4.27. The summed E-state index contributed by atoms with van der Waals surface area (Å²) in [5, 5.41) is 15.4. The summed E-state index contributed by atoms with van der Waals surface area (Å²) in [5.74, 6) is 0.406. The molecule has 0 bridgehead atoms. The van der Waals surface area contributed by atoms with E-state index >= 15 is 0 Å². The molecule has 94 valence electrons. The minimum absolute atomic E-state index is 0.240. The van der Waals surface area contributed by atoms with E-state index in [1.54, 1.807) is 30.5 Å². The van der Waals surface area contributed by atoms with Crippen LogP contribution in [0.15, 0.2) is 28.1 Å². The van der Waals surface area contributed by atoms with E-state index in [0.717, 1.165) is 4.47 Å². The fourth-order valence-electron chi connectivity index (χ4n) is 1.30. The molecule has 2 heterocycles. The average Bonchev–Trinajstić information content (AvgIpc) is 2.82. The van der Waals surface area contributed by atoms with Crippen LogP contribution in [-0.4, -0.2) is 23.2 Å². The van der Waals surface area contributed by atoms with Crippen LogP contribution in [0.5, 0.6) is 0 Å². The zero-order chi connectivity index (χ0) is 13.0. The van der Waals surface area contributed by atoms with Crippen LogP contribution >= 0.6 is 27.3 Å². The molecule has 2 aromatic rings. The van der Waals surface area contributed by atoms with Crippen LogP contribution < -0.4 is 10.6 Å². The Morgan fingerprint density at radius 2 is 2.28 bits per heavy atom. The molecule has 0 aliphatic heterocycles. The number of aromatic nitrogens is 2. The highest BCUT2D eigenvalue weighted by atomic mass is 79.9. The molecule has 0 aliphatic carbocycles. The minimum atomic E-state index is -0.240. The molecule has 0 radical (unpaired) electrons. The molecule has 2 rings (SSSR count). The first kappa shape index (κ1) is 13.0. The summed E-state index contributed by atoms with van der Waals surface area (Å²) in [4.78, 5) is 12.5. The van der Waals surface area contributed by atoms with Gasteiger partial charge in [0.2, 0.25) is 0 Å². The Bertz CT molecular complexity index is 540. The van der Waals surface area contributed by atoms with Crippen LogP contribution in [0.4, 0.5) is 5.82 Å². The largest absolute Gasteiger partial charge is 0.364 e. The maximum absolute atomic E-state index is 11.3. The van der Waals surface area contributed by atoms with Gasteiger partial charge in [-0.05, 0) is 34.1 Å². The molecule has 18 heavy (non-hydrogen) atoms. The Hall–Kier alpha value is -1.47. The number of amides is 1. The Labute approximate surface area is 117 Å². The first-order valence-corrected chi connectivity index (χ1v) is 6.89. The first-order chi connectivity index (χ1) is 8.69.